The molecule has 11 heteroatoms. The highest BCUT2D eigenvalue weighted by Gasteiger charge is 2.21. The van der Waals surface area contributed by atoms with E-state index in [1.165, 1.54) is 0 Å². The molecule has 0 aliphatic carbocycles. The highest BCUT2D eigenvalue weighted by atomic mass is 32.2. The quantitative estimate of drug-likeness (QED) is 0.365. The van der Waals surface area contributed by atoms with Gasteiger partial charge in [0.15, 0.2) is 12.2 Å². The summed E-state index contributed by atoms with van der Waals surface area (Å²) in [7, 11) is 0. The van der Waals surface area contributed by atoms with Crippen molar-refractivity contribution in [2.75, 3.05) is 29.2 Å². The second-order valence-corrected chi connectivity index (χ2v) is 8.76. The van der Waals surface area contributed by atoms with Gasteiger partial charge in [0.25, 0.3) is 5.91 Å². The highest BCUT2D eigenvalue weighted by Crippen LogP contribution is 2.26. The third-order valence-corrected chi connectivity index (χ3v) is 5.93. The van der Waals surface area contributed by atoms with E-state index in [2.05, 4.69) is 20.9 Å². The van der Waals surface area contributed by atoms with Gasteiger partial charge in [-0.15, -0.1) is 0 Å². The van der Waals surface area contributed by atoms with Crippen LogP contribution in [0.3, 0.4) is 0 Å². The lowest BCUT2D eigenvalue weighted by atomic mass is 10.0. The minimum atomic E-state index is -0.763. The van der Waals surface area contributed by atoms with Gasteiger partial charge in [0.2, 0.25) is 11.8 Å². The molecule has 1 aromatic heterocycles. The van der Waals surface area contributed by atoms with Gasteiger partial charge in [0.1, 0.15) is 11.8 Å². The maximum atomic E-state index is 12.9. The zero-order chi connectivity index (χ0) is 24.1. The Bertz CT molecular complexity index is 1280. The van der Waals surface area contributed by atoms with Crippen molar-refractivity contribution < 1.29 is 23.5 Å². The van der Waals surface area contributed by atoms with E-state index in [0.29, 0.717) is 47.6 Å². The fourth-order valence-corrected chi connectivity index (χ4v) is 4.07. The molecule has 178 valence electrons. The number of oxazole rings is 1. The summed E-state index contributed by atoms with van der Waals surface area (Å²) in [6, 6.07) is 9.26. The lowest BCUT2D eigenvalue weighted by Gasteiger charge is -2.19. The van der Waals surface area contributed by atoms with Crippen LogP contribution in [0.2, 0.25) is 0 Å². The Labute approximate surface area is 198 Å². The number of nitrogens with one attached hydrogen (secondary N) is 4. The van der Waals surface area contributed by atoms with Gasteiger partial charge in [-0.05, 0) is 66.8 Å². The zero-order valence-electron chi connectivity index (χ0n) is 18.4. The first kappa shape index (κ1) is 23.4. The van der Waals surface area contributed by atoms with Gasteiger partial charge < -0.3 is 25.1 Å². The molecule has 0 fully saturated rings. The lowest BCUT2D eigenvalue weighted by Crippen LogP contribution is -2.45. The Hall–Kier alpha value is -3.73. The third-order valence-electron chi connectivity index (χ3n) is 5.29. The van der Waals surface area contributed by atoms with Gasteiger partial charge in [-0.2, -0.15) is 11.8 Å². The number of ether oxygens (including phenoxy) is 1. The molecule has 0 bridgehead atoms. The summed E-state index contributed by atoms with van der Waals surface area (Å²) in [5.74, 6) is -0.221. The van der Waals surface area contributed by atoms with Crippen LogP contribution < -0.4 is 26.4 Å². The van der Waals surface area contributed by atoms with E-state index >= 15 is 0 Å². The largest absolute Gasteiger partial charge is 0.484 e. The SMILES string of the molecule is CSCC[C@@H](NC(=O)COc1ccc2c(c1)CCC(=O)N2)C(=O)Nc1ccc2oc(=O)[nH]c2c1. The average molecular weight is 485 g/mol. The van der Waals surface area contributed by atoms with Crippen LogP contribution in [-0.4, -0.2) is 47.4 Å². The van der Waals surface area contributed by atoms with Gasteiger partial charge >= 0.3 is 5.76 Å². The van der Waals surface area contributed by atoms with Crippen LogP contribution in [0.1, 0.15) is 18.4 Å². The van der Waals surface area contributed by atoms with Gasteiger partial charge in [-0.1, -0.05) is 0 Å². The van der Waals surface area contributed by atoms with Crippen LogP contribution in [0.15, 0.2) is 45.6 Å². The minimum Gasteiger partial charge on any atom is -0.484 e. The summed E-state index contributed by atoms with van der Waals surface area (Å²) in [6.07, 6.45) is 3.37. The molecule has 2 heterocycles. The monoisotopic (exact) mass is 484 g/mol. The van der Waals surface area contributed by atoms with Crippen molar-refractivity contribution in [3.63, 3.8) is 0 Å². The zero-order valence-corrected chi connectivity index (χ0v) is 19.3. The number of anilines is 2. The Morgan fingerprint density at radius 3 is 2.85 bits per heavy atom. The molecule has 0 saturated carbocycles. The molecule has 0 spiro atoms. The standard InChI is InChI=1S/C23H24N4O6S/c1-34-9-8-17(22(30)24-14-3-6-19-18(11-14)27-23(31)33-19)26-21(29)12-32-15-4-5-16-13(10-15)2-7-20(28)25-16/h3-6,10-11,17H,2,7-9,12H2,1H3,(H,24,30)(H,25,28)(H,26,29)(H,27,31)/t17-/m1/s1. The number of hydrogen-bond donors (Lipinski definition) is 4. The van der Waals surface area contributed by atoms with Gasteiger partial charge in [0, 0.05) is 17.8 Å². The molecule has 10 nitrogen and oxygen atoms in total. The fourth-order valence-electron chi connectivity index (χ4n) is 3.60. The second-order valence-electron chi connectivity index (χ2n) is 7.77. The predicted octanol–water partition coefficient (Wildman–Crippen LogP) is 2.26. The van der Waals surface area contributed by atoms with E-state index in [-0.39, 0.29) is 18.4 Å². The number of aryl methyl sites for hydroxylation is 1. The molecule has 3 aromatic rings. The number of thioether (sulfide) groups is 1. The third kappa shape index (κ3) is 5.79. The number of amides is 3. The molecule has 3 amide bonds. The first-order chi connectivity index (χ1) is 16.4. The lowest BCUT2D eigenvalue weighted by molar-refractivity contribution is -0.127. The number of aromatic nitrogens is 1. The van der Waals surface area contributed by atoms with Crippen molar-refractivity contribution in [3.05, 3.63) is 52.5 Å². The number of carbonyl (C=O) groups excluding carboxylic acids is 3. The van der Waals surface area contributed by atoms with Crippen molar-refractivity contribution in [2.24, 2.45) is 0 Å². The summed E-state index contributed by atoms with van der Waals surface area (Å²) < 4.78 is 10.6. The fraction of sp³-hybridized carbons (Fsp3) is 0.304. The minimum absolute atomic E-state index is 0.0203. The van der Waals surface area contributed by atoms with E-state index in [0.717, 1.165) is 11.3 Å². The van der Waals surface area contributed by atoms with Crippen LogP contribution in [-0.2, 0) is 20.8 Å². The summed E-state index contributed by atoms with van der Waals surface area (Å²) >= 11 is 1.56. The Kier molecular flexibility index (Phi) is 7.21. The van der Waals surface area contributed by atoms with Crippen LogP contribution in [0, 0.1) is 0 Å². The molecule has 0 saturated heterocycles. The van der Waals surface area contributed by atoms with E-state index in [1.807, 2.05) is 6.26 Å². The van der Waals surface area contributed by atoms with Crippen LogP contribution in [0.25, 0.3) is 11.1 Å². The normalized spacial score (nSPS) is 13.6. The molecular formula is C23H24N4O6S. The topological polar surface area (TPSA) is 143 Å². The maximum Gasteiger partial charge on any atom is 0.417 e. The molecule has 1 aliphatic heterocycles. The highest BCUT2D eigenvalue weighted by molar-refractivity contribution is 7.98. The molecular weight excluding hydrogens is 460 g/mol. The predicted molar refractivity (Wildman–Crippen MR) is 129 cm³/mol. The van der Waals surface area contributed by atoms with Crippen LogP contribution >= 0.6 is 11.8 Å². The number of H-pyrrole nitrogens is 1. The molecule has 1 atom stereocenters. The van der Waals surface area contributed by atoms with Crippen molar-refractivity contribution in [3.8, 4) is 5.75 Å². The van der Waals surface area contributed by atoms with Crippen LogP contribution in [0.4, 0.5) is 11.4 Å². The van der Waals surface area contributed by atoms with E-state index in [9.17, 15) is 19.2 Å². The van der Waals surface area contributed by atoms with Crippen LogP contribution in [0.5, 0.6) is 5.75 Å². The first-order valence-electron chi connectivity index (χ1n) is 10.7. The van der Waals surface area contributed by atoms with Gasteiger partial charge in [-0.25, -0.2) is 4.79 Å². The molecule has 2 aromatic carbocycles. The van der Waals surface area contributed by atoms with E-state index in [4.69, 9.17) is 9.15 Å². The smallest absolute Gasteiger partial charge is 0.417 e. The Balaban J connectivity index is 1.35. The molecule has 0 radical (unpaired) electrons. The first-order valence-corrected chi connectivity index (χ1v) is 12.1. The van der Waals surface area contributed by atoms with Gasteiger partial charge in [-0.3, -0.25) is 19.4 Å². The molecule has 1 aliphatic rings. The summed E-state index contributed by atoms with van der Waals surface area (Å²) in [6.45, 7) is -0.254. The molecule has 0 unspecified atom stereocenters. The number of carbonyl (C=O) groups is 3. The molecule has 34 heavy (non-hydrogen) atoms. The van der Waals surface area contributed by atoms with Crippen molar-refractivity contribution in [2.45, 2.75) is 25.3 Å². The molecule has 4 rings (SSSR count). The number of benzene rings is 2. The molecule has 4 N–H and O–H groups in total. The number of hydrogen-bond acceptors (Lipinski definition) is 7. The number of fused-ring (bicyclic) bond motifs is 2. The van der Waals surface area contributed by atoms with Crippen molar-refractivity contribution in [1.29, 1.82) is 0 Å². The van der Waals surface area contributed by atoms with E-state index < -0.39 is 17.7 Å². The summed E-state index contributed by atoms with van der Waals surface area (Å²) in [5.41, 5.74) is 3.02. The van der Waals surface area contributed by atoms with Crippen molar-refractivity contribution >= 4 is 52.0 Å². The number of rotatable bonds is 9. The Morgan fingerprint density at radius 2 is 2.03 bits per heavy atom. The Morgan fingerprint density at radius 1 is 1.18 bits per heavy atom. The van der Waals surface area contributed by atoms with Gasteiger partial charge in [0.05, 0.1) is 5.52 Å². The average Bonchev–Trinajstić information content (AvgIpc) is 3.19. The summed E-state index contributed by atoms with van der Waals surface area (Å²) in [4.78, 5) is 50.7. The van der Waals surface area contributed by atoms with Crippen molar-refractivity contribution in [1.82, 2.24) is 10.3 Å². The summed E-state index contributed by atoms with van der Waals surface area (Å²) in [5, 5.41) is 8.29. The maximum absolute atomic E-state index is 12.9. The number of aromatic amines is 1. The second kappa shape index (κ2) is 10.5. The van der Waals surface area contributed by atoms with E-state index in [1.54, 1.807) is 48.2 Å².